The van der Waals surface area contributed by atoms with E-state index < -0.39 is 9.84 Å². The van der Waals surface area contributed by atoms with E-state index in [4.69, 9.17) is 9.47 Å². The molecule has 0 aliphatic carbocycles. The van der Waals surface area contributed by atoms with Gasteiger partial charge in [0.05, 0.1) is 5.75 Å². The summed E-state index contributed by atoms with van der Waals surface area (Å²) in [5.41, 5.74) is 1.16. The van der Waals surface area contributed by atoms with Crippen LogP contribution in [-0.2, 0) is 21.2 Å². The van der Waals surface area contributed by atoms with Gasteiger partial charge in [-0.3, -0.25) is 9.69 Å². The maximum Gasteiger partial charge on any atom is 0.231 e. The Morgan fingerprint density at radius 3 is 2.56 bits per heavy atom. The molecule has 25 heavy (non-hydrogen) atoms. The number of amides is 1. The van der Waals surface area contributed by atoms with Gasteiger partial charge < -0.3 is 14.4 Å². The summed E-state index contributed by atoms with van der Waals surface area (Å²) in [7, 11) is -3.00. The molecule has 7 nitrogen and oxygen atoms in total. The fraction of sp³-hybridized carbons (Fsp3) is 0.588. The Kier molecular flexibility index (Phi) is 5.48. The van der Waals surface area contributed by atoms with Crippen molar-refractivity contribution in [3.63, 3.8) is 0 Å². The molecule has 0 bridgehead atoms. The van der Waals surface area contributed by atoms with Crippen LogP contribution in [0.15, 0.2) is 18.2 Å². The van der Waals surface area contributed by atoms with Crippen molar-refractivity contribution in [1.29, 1.82) is 0 Å². The monoisotopic (exact) mass is 368 g/mol. The molecule has 1 amide bonds. The summed E-state index contributed by atoms with van der Waals surface area (Å²) in [6.07, 6.45) is 1.90. The van der Waals surface area contributed by atoms with Gasteiger partial charge in [-0.25, -0.2) is 8.42 Å². The average molecular weight is 368 g/mol. The zero-order valence-electron chi connectivity index (χ0n) is 14.4. The molecule has 1 saturated heterocycles. The Morgan fingerprint density at radius 2 is 1.84 bits per heavy atom. The lowest BCUT2D eigenvalue weighted by atomic mass is 10.1. The largest absolute Gasteiger partial charge is 0.454 e. The Bertz CT molecular complexity index is 727. The fourth-order valence-electron chi connectivity index (χ4n) is 3.10. The van der Waals surface area contributed by atoms with Crippen molar-refractivity contribution in [1.82, 2.24) is 9.80 Å². The number of hydrogen-bond acceptors (Lipinski definition) is 6. The second-order valence-electron chi connectivity index (χ2n) is 6.58. The summed E-state index contributed by atoms with van der Waals surface area (Å²) in [5, 5.41) is 0. The van der Waals surface area contributed by atoms with Crippen molar-refractivity contribution in [2.45, 2.75) is 19.4 Å². The molecule has 0 saturated carbocycles. The summed E-state index contributed by atoms with van der Waals surface area (Å²) < 4.78 is 33.0. The minimum atomic E-state index is -3.00. The predicted molar refractivity (Wildman–Crippen MR) is 93.4 cm³/mol. The number of rotatable bonds is 6. The van der Waals surface area contributed by atoms with Gasteiger partial charge in [-0.05, 0) is 24.1 Å². The highest BCUT2D eigenvalue weighted by molar-refractivity contribution is 7.90. The summed E-state index contributed by atoms with van der Waals surface area (Å²) in [5.74, 6) is 1.69. The molecule has 8 heteroatoms. The number of hydrogen-bond donors (Lipinski definition) is 0. The van der Waals surface area contributed by atoms with E-state index in [1.54, 1.807) is 0 Å². The van der Waals surface area contributed by atoms with E-state index in [0.717, 1.165) is 36.7 Å². The molecule has 1 aromatic rings. The number of benzene rings is 1. The first-order chi connectivity index (χ1) is 11.9. The third-order valence-electron chi connectivity index (χ3n) is 4.47. The first-order valence-electron chi connectivity index (χ1n) is 8.47. The second kappa shape index (κ2) is 7.61. The molecule has 0 N–H and O–H groups in total. The molecule has 2 aliphatic rings. The zero-order chi connectivity index (χ0) is 17.9. The zero-order valence-corrected chi connectivity index (χ0v) is 15.3. The van der Waals surface area contributed by atoms with Gasteiger partial charge in [0.25, 0.3) is 0 Å². The normalized spacial score (nSPS) is 17.7. The van der Waals surface area contributed by atoms with Gasteiger partial charge in [-0.15, -0.1) is 0 Å². The Labute approximate surface area is 148 Å². The highest BCUT2D eigenvalue weighted by Crippen LogP contribution is 2.32. The van der Waals surface area contributed by atoms with Crippen LogP contribution in [0.2, 0.25) is 0 Å². The first kappa shape index (κ1) is 18.0. The molecule has 0 radical (unpaired) electrons. The highest BCUT2D eigenvalue weighted by Gasteiger charge is 2.22. The van der Waals surface area contributed by atoms with E-state index in [1.807, 2.05) is 23.1 Å². The Hall–Kier alpha value is -1.80. The number of ether oxygens (including phenoxy) is 2. The van der Waals surface area contributed by atoms with Crippen molar-refractivity contribution in [3.05, 3.63) is 23.8 Å². The SMILES string of the molecule is CS(=O)(=O)CCCC(=O)N1CCN(Cc2ccc3c(c2)OCO3)CC1. The van der Waals surface area contributed by atoms with Gasteiger partial charge in [0.2, 0.25) is 12.7 Å². The van der Waals surface area contributed by atoms with Gasteiger partial charge in [0.15, 0.2) is 11.5 Å². The Morgan fingerprint density at radius 1 is 1.12 bits per heavy atom. The minimum absolute atomic E-state index is 0.0476. The summed E-state index contributed by atoms with van der Waals surface area (Å²) in [6.45, 7) is 4.08. The van der Waals surface area contributed by atoms with Crippen LogP contribution in [0.3, 0.4) is 0 Å². The average Bonchev–Trinajstić information content (AvgIpc) is 3.02. The number of carbonyl (C=O) groups is 1. The molecule has 1 aromatic carbocycles. The molecular formula is C17H24N2O5S. The molecule has 0 spiro atoms. The fourth-order valence-corrected chi connectivity index (χ4v) is 3.77. The molecule has 0 unspecified atom stereocenters. The van der Waals surface area contributed by atoms with Gasteiger partial charge in [0, 0.05) is 45.4 Å². The summed E-state index contributed by atoms with van der Waals surface area (Å²) in [4.78, 5) is 16.3. The van der Waals surface area contributed by atoms with Gasteiger partial charge in [-0.2, -0.15) is 0 Å². The van der Waals surface area contributed by atoms with Crippen molar-refractivity contribution in [2.24, 2.45) is 0 Å². The number of sulfone groups is 1. The van der Waals surface area contributed by atoms with E-state index in [0.29, 0.717) is 25.9 Å². The smallest absolute Gasteiger partial charge is 0.231 e. The van der Waals surface area contributed by atoms with E-state index in [9.17, 15) is 13.2 Å². The van der Waals surface area contributed by atoms with Gasteiger partial charge in [-0.1, -0.05) is 6.07 Å². The molecule has 1 fully saturated rings. The van der Waals surface area contributed by atoms with Gasteiger partial charge >= 0.3 is 0 Å². The molecule has 0 aromatic heterocycles. The van der Waals surface area contributed by atoms with Crippen LogP contribution in [0.4, 0.5) is 0 Å². The third kappa shape index (κ3) is 5.09. The van der Waals surface area contributed by atoms with Crippen LogP contribution < -0.4 is 9.47 Å². The van der Waals surface area contributed by atoms with Crippen molar-refractivity contribution < 1.29 is 22.7 Å². The molecular weight excluding hydrogens is 344 g/mol. The molecule has 0 atom stereocenters. The van der Waals surface area contributed by atoms with Crippen molar-refractivity contribution >= 4 is 15.7 Å². The number of carbonyl (C=O) groups excluding carboxylic acids is 1. The summed E-state index contributed by atoms with van der Waals surface area (Å²) in [6, 6.07) is 5.97. The lowest BCUT2D eigenvalue weighted by molar-refractivity contribution is -0.133. The van der Waals surface area contributed by atoms with E-state index in [1.165, 1.54) is 6.26 Å². The molecule has 2 aliphatic heterocycles. The van der Waals surface area contributed by atoms with Crippen molar-refractivity contribution in [3.8, 4) is 11.5 Å². The van der Waals surface area contributed by atoms with Crippen LogP contribution >= 0.6 is 0 Å². The number of fused-ring (bicyclic) bond motifs is 1. The second-order valence-corrected chi connectivity index (χ2v) is 8.84. The maximum atomic E-state index is 12.2. The number of nitrogens with zero attached hydrogens (tertiary/aromatic N) is 2. The molecule has 2 heterocycles. The van der Waals surface area contributed by atoms with Crippen LogP contribution in [0.5, 0.6) is 11.5 Å². The first-order valence-corrected chi connectivity index (χ1v) is 10.5. The predicted octanol–water partition coefficient (Wildman–Crippen LogP) is 0.884. The quantitative estimate of drug-likeness (QED) is 0.742. The standard InChI is InChI=1S/C17H24N2O5S/c1-25(21,22)10-2-3-17(20)19-8-6-18(7-9-19)12-14-4-5-15-16(11-14)24-13-23-15/h4-5,11H,2-3,6-10,12-13H2,1H3. The minimum Gasteiger partial charge on any atom is -0.454 e. The lowest BCUT2D eigenvalue weighted by Gasteiger charge is -2.34. The third-order valence-corrected chi connectivity index (χ3v) is 5.50. The molecule has 138 valence electrons. The Balaban J connectivity index is 1.43. The topological polar surface area (TPSA) is 76.2 Å². The van der Waals surface area contributed by atoms with Crippen LogP contribution in [-0.4, -0.2) is 69.1 Å². The van der Waals surface area contributed by atoms with Crippen molar-refractivity contribution in [2.75, 3.05) is 45.0 Å². The van der Waals surface area contributed by atoms with Crippen LogP contribution in [0, 0.1) is 0 Å². The lowest BCUT2D eigenvalue weighted by Crippen LogP contribution is -2.48. The van der Waals surface area contributed by atoms with E-state index in [-0.39, 0.29) is 18.5 Å². The van der Waals surface area contributed by atoms with E-state index in [2.05, 4.69) is 4.90 Å². The number of piperazine rings is 1. The van der Waals surface area contributed by atoms with Crippen LogP contribution in [0.25, 0.3) is 0 Å². The molecule has 3 rings (SSSR count). The van der Waals surface area contributed by atoms with Crippen LogP contribution in [0.1, 0.15) is 18.4 Å². The summed E-state index contributed by atoms with van der Waals surface area (Å²) >= 11 is 0. The highest BCUT2D eigenvalue weighted by atomic mass is 32.2. The maximum absolute atomic E-state index is 12.2. The van der Waals surface area contributed by atoms with E-state index >= 15 is 0 Å². The van der Waals surface area contributed by atoms with Gasteiger partial charge in [0.1, 0.15) is 9.84 Å².